The highest BCUT2D eigenvalue weighted by molar-refractivity contribution is 6.31. The molecule has 0 saturated carbocycles. The normalized spacial score (nSPS) is 10.0. The Kier molecular flexibility index (Phi) is 3.40. The molecule has 1 N–H and O–H groups in total. The molecular formula is C13H11ClN2O. The molecule has 0 atom stereocenters. The van der Waals surface area contributed by atoms with E-state index in [9.17, 15) is 4.79 Å². The maximum Gasteiger partial charge on any atom is 0.257 e. The molecule has 1 amide bonds. The number of aryl methyl sites for hydroxylation is 1. The number of amides is 1. The Hall–Kier alpha value is -1.87. The van der Waals surface area contributed by atoms with Crippen LogP contribution in [0.25, 0.3) is 0 Å². The minimum atomic E-state index is -0.181. The molecule has 2 rings (SSSR count). The van der Waals surface area contributed by atoms with Gasteiger partial charge in [-0.3, -0.25) is 9.78 Å². The number of benzene rings is 1. The Morgan fingerprint density at radius 2 is 2.18 bits per heavy atom. The van der Waals surface area contributed by atoms with Gasteiger partial charge in [0.05, 0.1) is 5.56 Å². The first kappa shape index (κ1) is 11.6. The van der Waals surface area contributed by atoms with Crippen molar-refractivity contribution in [2.24, 2.45) is 0 Å². The van der Waals surface area contributed by atoms with Crippen LogP contribution < -0.4 is 5.32 Å². The molecule has 0 saturated heterocycles. The average Bonchev–Trinajstić information content (AvgIpc) is 2.35. The standard InChI is InChI=1S/C13H11ClN2O/c1-9-7-11(4-5-12(9)14)16-13(17)10-3-2-6-15-8-10/h2-8H,1H3,(H,16,17). The third-order valence-corrected chi connectivity index (χ3v) is 2.76. The lowest BCUT2D eigenvalue weighted by molar-refractivity contribution is 0.102. The van der Waals surface area contributed by atoms with E-state index >= 15 is 0 Å². The maximum absolute atomic E-state index is 11.8. The summed E-state index contributed by atoms with van der Waals surface area (Å²) in [7, 11) is 0. The molecular weight excluding hydrogens is 236 g/mol. The average molecular weight is 247 g/mol. The number of anilines is 1. The molecule has 0 aliphatic rings. The van der Waals surface area contributed by atoms with Crippen LogP contribution in [0.3, 0.4) is 0 Å². The van der Waals surface area contributed by atoms with Crippen molar-refractivity contribution in [3.05, 3.63) is 58.9 Å². The van der Waals surface area contributed by atoms with Crippen molar-refractivity contribution in [2.45, 2.75) is 6.92 Å². The molecule has 1 heterocycles. The summed E-state index contributed by atoms with van der Waals surface area (Å²) in [6.45, 7) is 1.89. The lowest BCUT2D eigenvalue weighted by atomic mass is 10.2. The fourth-order valence-corrected chi connectivity index (χ4v) is 1.54. The number of pyridine rings is 1. The van der Waals surface area contributed by atoms with Gasteiger partial charge in [0, 0.05) is 23.1 Å². The number of hydrogen-bond acceptors (Lipinski definition) is 2. The van der Waals surface area contributed by atoms with Gasteiger partial charge in [-0.05, 0) is 42.8 Å². The number of rotatable bonds is 2. The fraction of sp³-hybridized carbons (Fsp3) is 0.0769. The molecule has 1 aromatic carbocycles. The minimum absolute atomic E-state index is 0.181. The van der Waals surface area contributed by atoms with Gasteiger partial charge in [0.1, 0.15) is 0 Å². The second-order valence-corrected chi connectivity index (χ2v) is 4.07. The van der Waals surface area contributed by atoms with E-state index in [4.69, 9.17) is 11.6 Å². The Bertz CT molecular complexity index is 540. The molecule has 3 nitrogen and oxygen atoms in total. The Morgan fingerprint density at radius 1 is 1.35 bits per heavy atom. The van der Waals surface area contributed by atoms with Gasteiger partial charge in [0.15, 0.2) is 0 Å². The zero-order chi connectivity index (χ0) is 12.3. The van der Waals surface area contributed by atoms with E-state index in [1.807, 2.05) is 13.0 Å². The quantitative estimate of drug-likeness (QED) is 0.884. The van der Waals surface area contributed by atoms with Crippen LogP contribution in [0.4, 0.5) is 5.69 Å². The predicted octanol–water partition coefficient (Wildman–Crippen LogP) is 3.30. The smallest absolute Gasteiger partial charge is 0.257 e. The molecule has 0 unspecified atom stereocenters. The fourth-order valence-electron chi connectivity index (χ4n) is 1.42. The first-order valence-corrected chi connectivity index (χ1v) is 5.52. The van der Waals surface area contributed by atoms with Crippen molar-refractivity contribution >= 4 is 23.2 Å². The Morgan fingerprint density at radius 3 is 2.82 bits per heavy atom. The van der Waals surface area contributed by atoms with E-state index < -0.39 is 0 Å². The number of halogens is 1. The molecule has 0 fully saturated rings. The van der Waals surface area contributed by atoms with E-state index in [2.05, 4.69) is 10.3 Å². The summed E-state index contributed by atoms with van der Waals surface area (Å²) < 4.78 is 0. The SMILES string of the molecule is Cc1cc(NC(=O)c2cccnc2)ccc1Cl. The number of aromatic nitrogens is 1. The Labute approximate surface area is 104 Å². The van der Waals surface area contributed by atoms with E-state index in [1.54, 1.807) is 30.5 Å². The molecule has 2 aromatic rings. The highest BCUT2D eigenvalue weighted by Crippen LogP contribution is 2.19. The molecule has 0 aliphatic carbocycles. The van der Waals surface area contributed by atoms with Gasteiger partial charge in [-0.2, -0.15) is 0 Å². The van der Waals surface area contributed by atoms with Crippen molar-refractivity contribution in [3.8, 4) is 0 Å². The summed E-state index contributed by atoms with van der Waals surface area (Å²) in [5, 5.41) is 3.47. The summed E-state index contributed by atoms with van der Waals surface area (Å²) in [6, 6.07) is 8.79. The van der Waals surface area contributed by atoms with Gasteiger partial charge >= 0.3 is 0 Å². The summed E-state index contributed by atoms with van der Waals surface area (Å²) >= 11 is 5.91. The van der Waals surface area contributed by atoms with Crippen LogP contribution in [0.15, 0.2) is 42.7 Å². The van der Waals surface area contributed by atoms with Crippen molar-refractivity contribution in [3.63, 3.8) is 0 Å². The molecule has 0 spiro atoms. The third kappa shape index (κ3) is 2.82. The van der Waals surface area contributed by atoms with Crippen LogP contribution in [0.1, 0.15) is 15.9 Å². The van der Waals surface area contributed by atoms with Gasteiger partial charge in [-0.15, -0.1) is 0 Å². The zero-order valence-electron chi connectivity index (χ0n) is 9.27. The predicted molar refractivity (Wildman–Crippen MR) is 68.4 cm³/mol. The van der Waals surface area contributed by atoms with Gasteiger partial charge in [0.2, 0.25) is 0 Å². The zero-order valence-corrected chi connectivity index (χ0v) is 10.0. The largest absolute Gasteiger partial charge is 0.322 e. The van der Waals surface area contributed by atoms with Gasteiger partial charge in [0.25, 0.3) is 5.91 Å². The molecule has 17 heavy (non-hydrogen) atoms. The Balaban J connectivity index is 2.16. The summed E-state index contributed by atoms with van der Waals surface area (Å²) in [5.41, 5.74) is 2.18. The second kappa shape index (κ2) is 4.97. The number of nitrogens with zero attached hydrogens (tertiary/aromatic N) is 1. The van der Waals surface area contributed by atoms with Gasteiger partial charge < -0.3 is 5.32 Å². The van der Waals surface area contributed by atoms with E-state index in [1.165, 1.54) is 6.20 Å². The molecule has 1 aromatic heterocycles. The number of carbonyl (C=O) groups is 1. The van der Waals surface area contributed by atoms with E-state index in [-0.39, 0.29) is 5.91 Å². The molecule has 4 heteroatoms. The number of nitrogens with one attached hydrogen (secondary N) is 1. The molecule has 0 bridgehead atoms. The van der Waals surface area contributed by atoms with Crippen LogP contribution >= 0.6 is 11.6 Å². The number of hydrogen-bond donors (Lipinski definition) is 1. The van der Waals surface area contributed by atoms with Gasteiger partial charge in [-0.25, -0.2) is 0 Å². The van der Waals surface area contributed by atoms with E-state index in [0.29, 0.717) is 10.6 Å². The van der Waals surface area contributed by atoms with Crippen LogP contribution in [0.2, 0.25) is 5.02 Å². The maximum atomic E-state index is 11.8. The second-order valence-electron chi connectivity index (χ2n) is 3.66. The topological polar surface area (TPSA) is 42.0 Å². The first-order valence-electron chi connectivity index (χ1n) is 5.14. The third-order valence-electron chi connectivity index (χ3n) is 2.34. The lowest BCUT2D eigenvalue weighted by Gasteiger charge is -2.06. The van der Waals surface area contributed by atoms with Crippen molar-refractivity contribution < 1.29 is 4.79 Å². The molecule has 0 aliphatic heterocycles. The van der Waals surface area contributed by atoms with Crippen LogP contribution in [-0.4, -0.2) is 10.9 Å². The van der Waals surface area contributed by atoms with Crippen molar-refractivity contribution in [1.82, 2.24) is 4.98 Å². The van der Waals surface area contributed by atoms with Crippen molar-refractivity contribution in [1.29, 1.82) is 0 Å². The lowest BCUT2D eigenvalue weighted by Crippen LogP contribution is -2.11. The van der Waals surface area contributed by atoms with E-state index in [0.717, 1.165) is 11.3 Å². The number of carbonyl (C=O) groups excluding carboxylic acids is 1. The highest BCUT2D eigenvalue weighted by Gasteiger charge is 2.06. The summed E-state index contributed by atoms with van der Waals surface area (Å²) in [6.07, 6.45) is 3.15. The monoisotopic (exact) mass is 246 g/mol. The van der Waals surface area contributed by atoms with Crippen LogP contribution in [0.5, 0.6) is 0 Å². The van der Waals surface area contributed by atoms with Crippen LogP contribution in [-0.2, 0) is 0 Å². The first-order chi connectivity index (χ1) is 8.16. The highest BCUT2D eigenvalue weighted by atomic mass is 35.5. The molecule has 86 valence electrons. The van der Waals surface area contributed by atoms with Crippen molar-refractivity contribution in [2.75, 3.05) is 5.32 Å². The minimum Gasteiger partial charge on any atom is -0.322 e. The molecule has 0 radical (unpaired) electrons. The summed E-state index contributed by atoms with van der Waals surface area (Å²) in [4.78, 5) is 15.7. The van der Waals surface area contributed by atoms with Gasteiger partial charge in [-0.1, -0.05) is 11.6 Å². The van der Waals surface area contributed by atoms with Crippen LogP contribution in [0, 0.1) is 6.92 Å². The summed E-state index contributed by atoms with van der Waals surface area (Å²) in [5.74, 6) is -0.181.